The largest absolute Gasteiger partial charge is 0.480 e. The van der Waals surface area contributed by atoms with E-state index >= 15 is 0 Å². The predicted octanol–water partition coefficient (Wildman–Crippen LogP) is 1.39. The van der Waals surface area contributed by atoms with Crippen LogP contribution in [0.15, 0.2) is 0 Å². The van der Waals surface area contributed by atoms with Crippen molar-refractivity contribution in [2.24, 2.45) is 0 Å². The summed E-state index contributed by atoms with van der Waals surface area (Å²) in [7, 11) is 0. The molecule has 6 heteroatoms. The van der Waals surface area contributed by atoms with Crippen LogP contribution in [0.2, 0.25) is 0 Å². The molecule has 0 aromatic heterocycles. The summed E-state index contributed by atoms with van der Waals surface area (Å²) in [5, 5.41) is 11.9. The van der Waals surface area contributed by atoms with Crippen molar-refractivity contribution in [3.8, 4) is 0 Å². The summed E-state index contributed by atoms with van der Waals surface area (Å²) in [5.74, 6) is -1.07. The summed E-state index contributed by atoms with van der Waals surface area (Å²) in [5.41, 5.74) is -0.0941. The Morgan fingerprint density at radius 2 is 1.91 bits per heavy atom. The molecule has 1 unspecified atom stereocenters. The van der Waals surface area contributed by atoms with Crippen LogP contribution in [0.4, 0.5) is 0 Å². The maximum atomic E-state index is 12.4. The first-order chi connectivity index (χ1) is 10.6. The van der Waals surface area contributed by atoms with E-state index < -0.39 is 12.0 Å². The van der Waals surface area contributed by atoms with E-state index in [1.54, 1.807) is 0 Å². The van der Waals surface area contributed by atoms with Crippen LogP contribution in [0, 0.1) is 0 Å². The lowest BCUT2D eigenvalue weighted by Gasteiger charge is -2.43. The zero-order valence-corrected chi connectivity index (χ0v) is 13.5. The number of carbonyl (C=O) groups is 2. The summed E-state index contributed by atoms with van der Waals surface area (Å²) in [6.07, 6.45) is 5.94. The molecule has 2 fully saturated rings. The lowest BCUT2D eigenvalue weighted by Crippen LogP contribution is -2.55. The van der Waals surface area contributed by atoms with Crippen LogP contribution in [0.3, 0.4) is 0 Å². The Morgan fingerprint density at radius 1 is 1.27 bits per heavy atom. The van der Waals surface area contributed by atoms with E-state index in [1.165, 1.54) is 0 Å². The van der Waals surface area contributed by atoms with E-state index in [0.29, 0.717) is 12.8 Å². The molecule has 1 saturated carbocycles. The van der Waals surface area contributed by atoms with E-state index in [-0.39, 0.29) is 11.4 Å². The molecule has 1 aliphatic carbocycles. The van der Waals surface area contributed by atoms with Crippen molar-refractivity contribution in [1.29, 1.82) is 0 Å². The highest BCUT2D eigenvalue weighted by Crippen LogP contribution is 2.38. The maximum absolute atomic E-state index is 12.4. The van der Waals surface area contributed by atoms with Gasteiger partial charge in [-0.3, -0.25) is 9.69 Å². The van der Waals surface area contributed by atoms with Gasteiger partial charge in [0, 0.05) is 25.0 Å². The quantitative estimate of drug-likeness (QED) is 0.743. The lowest BCUT2D eigenvalue weighted by atomic mass is 9.89. The monoisotopic (exact) mass is 312 g/mol. The summed E-state index contributed by atoms with van der Waals surface area (Å²) < 4.78 is 5.42. The van der Waals surface area contributed by atoms with Crippen LogP contribution in [0.1, 0.15) is 51.9 Å². The second-order valence-electron chi connectivity index (χ2n) is 6.45. The molecular formula is C16H28N2O4. The van der Waals surface area contributed by atoms with E-state index in [1.807, 2.05) is 6.92 Å². The Kier molecular flexibility index (Phi) is 6.20. The molecule has 1 heterocycles. The highest BCUT2D eigenvalue weighted by molar-refractivity contribution is 5.84. The molecule has 0 spiro atoms. The van der Waals surface area contributed by atoms with Gasteiger partial charge in [-0.1, -0.05) is 26.2 Å². The van der Waals surface area contributed by atoms with Crippen molar-refractivity contribution in [2.45, 2.75) is 63.5 Å². The fourth-order valence-corrected chi connectivity index (χ4v) is 3.77. The molecule has 2 aliphatic rings. The summed E-state index contributed by atoms with van der Waals surface area (Å²) in [6.45, 7) is 5.09. The second kappa shape index (κ2) is 7.92. The molecule has 2 N–H and O–H groups in total. The smallest absolute Gasteiger partial charge is 0.326 e. The predicted molar refractivity (Wildman–Crippen MR) is 82.7 cm³/mol. The molecule has 6 nitrogen and oxygen atoms in total. The van der Waals surface area contributed by atoms with Gasteiger partial charge in [-0.15, -0.1) is 0 Å². The van der Waals surface area contributed by atoms with E-state index in [9.17, 15) is 14.7 Å². The third-order valence-corrected chi connectivity index (χ3v) is 4.92. The SMILES string of the molecule is CCCC(NC(=O)CC1(N2CCOCC2)CCCC1)C(=O)O. The third kappa shape index (κ3) is 4.20. The number of hydrogen-bond acceptors (Lipinski definition) is 4. The Hall–Kier alpha value is -1.14. The first-order valence-corrected chi connectivity index (χ1v) is 8.42. The molecule has 0 radical (unpaired) electrons. The Bertz CT molecular complexity index is 388. The van der Waals surface area contributed by atoms with E-state index in [4.69, 9.17) is 4.74 Å². The number of nitrogens with zero attached hydrogens (tertiary/aromatic N) is 1. The normalized spacial score (nSPS) is 23.1. The molecule has 22 heavy (non-hydrogen) atoms. The minimum atomic E-state index is -0.943. The van der Waals surface area contributed by atoms with Gasteiger partial charge < -0.3 is 15.2 Å². The van der Waals surface area contributed by atoms with Gasteiger partial charge in [-0.05, 0) is 19.3 Å². The Balaban J connectivity index is 1.98. The highest BCUT2D eigenvalue weighted by atomic mass is 16.5. The molecular weight excluding hydrogens is 284 g/mol. The average Bonchev–Trinajstić information content (AvgIpc) is 2.97. The number of aliphatic carboxylic acids is 1. The minimum absolute atomic E-state index is 0.0941. The zero-order chi connectivity index (χ0) is 16.0. The van der Waals surface area contributed by atoms with Crippen molar-refractivity contribution in [2.75, 3.05) is 26.3 Å². The Morgan fingerprint density at radius 3 is 2.45 bits per heavy atom. The third-order valence-electron chi connectivity index (χ3n) is 4.92. The average molecular weight is 312 g/mol. The zero-order valence-electron chi connectivity index (χ0n) is 13.5. The van der Waals surface area contributed by atoms with Gasteiger partial charge in [0.2, 0.25) is 5.91 Å². The topological polar surface area (TPSA) is 78.9 Å². The van der Waals surface area contributed by atoms with Crippen molar-refractivity contribution in [1.82, 2.24) is 10.2 Å². The molecule has 0 bridgehead atoms. The van der Waals surface area contributed by atoms with Crippen molar-refractivity contribution in [3.63, 3.8) is 0 Å². The summed E-state index contributed by atoms with van der Waals surface area (Å²) in [6, 6.07) is -0.763. The van der Waals surface area contributed by atoms with Gasteiger partial charge in [-0.25, -0.2) is 4.79 Å². The van der Waals surface area contributed by atoms with Gasteiger partial charge in [0.1, 0.15) is 6.04 Å². The molecule has 0 aromatic rings. The molecule has 126 valence electrons. The number of nitrogens with one attached hydrogen (secondary N) is 1. The number of ether oxygens (including phenoxy) is 1. The number of amides is 1. The van der Waals surface area contributed by atoms with Crippen molar-refractivity contribution in [3.05, 3.63) is 0 Å². The van der Waals surface area contributed by atoms with Crippen LogP contribution in [0.25, 0.3) is 0 Å². The molecule has 2 rings (SSSR count). The lowest BCUT2D eigenvalue weighted by molar-refractivity contribution is -0.142. The van der Waals surface area contributed by atoms with Crippen LogP contribution in [0.5, 0.6) is 0 Å². The van der Waals surface area contributed by atoms with Crippen LogP contribution in [-0.2, 0) is 14.3 Å². The maximum Gasteiger partial charge on any atom is 0.326 e. The van der Waals surface area contributed by atoms with Gasteiger partial charge in [0.05, 0.1) is 13.2 Å². The number of morpholine rings is 1. The number of carboxylic acid groups (broad SMARTS) is 1. The molecule has 0 aromatic carbocycles. The second-order valence-corrected chi connectivity index (χ2v) is 6.45. The van der Waals surface area contributed by atoms with Crippen LogP contribution < -0.4 is 5.32 Å². The molecule has 1 saturated heterocycles. The first-order valence-electron chi connectivity index (χ1n) is 8.42. The first kappa shape index (κ1) is 17.2. The highest BCUT2D eigenvalue weighted by Gasteiger charge is 2.42. The van der Waals surface area contributed by atoms with Crippen molar-refractivity contribution >= 4 is 11.9 Å². The van der Waals surface area contributed by atoms with Gasteiger partial charge in [-0.2, -0.15) is 0 Å². The van der Waals surface area contributed by atoms with E-state index in [2.05, 4.69) is 10.2 Å². The van der Waals surface area contributed by atoms with Gasteiger partial charge >= 0.3 is 5.97 Å². The molecule has 1 aliphatic heterocycles. The Labute approximate surface area is 132 Å². The fraction of sp³-hybridized carbons (Fsp3) is 0.875. The standard InChI is InChI=1S/C16H28N2O4/c1-2-5-13(15(20)21)17-14(19)12-16(6-3-4-7-16)18-8-10-22-11-9-18/h13H,2-12H2,1H3,(H,17,19)(H,20,21). The van der Waals surface area contributed by atoms with Crippen LogP contribution in [-0.4, -0.2) is 59.8 Å². The van der Waals surface area contributed by atoms with Gasteiger partial charge in [0.15, 0.2) is 0 Å². The molecule has 1 amide bonds. The molecule has 1 atom stereocenters. The number of hydrogen-bond donors (Lipinski definition) is 2. The number of rotatable bonds is 7. The van der Waals surface area contributed by atoms with Crippen LogP contribution >= 0.6 is 0 Å². The van der Waals surface area contributed by atoms with E-state index in [0.717, 1.165) is 58.4 Å². The number of carboxylic acids is 1. The fourth-order valence-electron chi connectivity index (χ4n) is 3.77. The van der Waals surface area contributed by atoms with Crippen molar-refractivity contribution < 1.29 is 19.4 Å². The summed E-state index contributed by atoms with van der Waals surface area (Å²) in [4.78, 5) is 26.0. The summed E-state index contributed by atoms with van der Waals surface area (Å²) >= 11 is 0. The minimum Gasteiger partial charge on any atom is -0.480 e. The van der Waals surface area contributed by atoms with Gasteiger partial charge in [0.25, 0.3) is 0 Å². The number of carbonyl (C=O) groups excluding carboxylic acids is 1.